The second-order valence-electron chi connectivity index (χ2n) is 13.2. The van der Waals surface area contributed by atoms with E-state index in [0.29, 0.717) is 29.6 Å². The lowest BCUT2D eigenvalue weighted by Gasteiger charge is -2.62. The minimum absolute atomic E-state index is 0.0811. The fourth-order valence-corrected chi connectivity index (χ4v) is 9.74. The Morgan fingerprint density at radius 3 is 2.30 bits per heavy atom. The number of esters is 1. The monoisotopic (exact) mass is 520 g/mol. The molecule has 5 rings (SSSR count). The van der Waals surface area contributed by atoms with Crippen molar-refractivity contribution in [3.63, 3.8) is 0 Å². The van der Waals surface area contributed by atoms with Crippen LogP contribution in [-0.4, -0.2) is 66.2 Å². The highest BCUT2D eigenvalue weighted by Gasteiger charge is 2.62. The maximum Gasteiger partial charge on any atom is 0.303 e. The van der Waals surface area contributed by atoms with Crippen molar-refractivity contribution in [2.75, 3.05) is 7.11 Å². The first-order valence-corrected chi connectivity index (χ1v) is 14.5. The molecule has 7 nitrogen and oxygen atoms in total. The van der Waals surface area contributed by atoms with Gasteiger partial charge < -0.3 is 29.2 Å². The highest BCUT2D eigenvalue weighted by atomic mass is 16.7. The molecule has 4 saturated carbocycles. The van der Waals surface area contributed by atoms with E-state index < -0.39 is 48.9 Å². The van der Waals surface area contributed by atoms with Crippen molar-refractivity contribution in [1.82, 2.24) is 0 Å². The molecule has 1 heterocycles. The van der Waals surface area contributed by atoms with Crippen molar-refractivity contribution in [1.29, 1.82) is 0 Å². The highest BCUT2D eigenvalue weighted by Crippen LogP contribution is 2.67. The highest BCUT2D eigenvalue weighted by molar-refractivity contribution is 5.66. The van der Waals surface area contributed by atoms with Crippen LogP contribution < -0.4 is 0 Å². The summed E-state index contributed by atoms with van der Waals surface area (Å²) in [5.41, 5.74) is 0.452. The Morgan fingerprint density at radius 1 is 0.946 bits per heavy atom. The summed E-state index contributed by atoms with van der Waals surface area (Å²) in [4.78, 5) is 11.9. The second kappa shape index (κ2) is 10.2. The number of carbonyl (C=O) groups excluding carboxylic acids is 1. The van der Waals surface area contributed by atoms with Crippen molar-refractivity contribution in [2.45, 2.75) is 122 Å². The lowest BCUT2D eigenvalue weighted by Crippen LogP contribution is -2.63. The number of aliphatic hydroxyl groups excluding tert-OH is 2. The van der Waals surface area contributed by atoms with Crippen molar-refractivity contribution < 1.29 is 34.0 Å². The predicted molar refractivity (Wildman–Crippen MR) is 138 cm³/mol. The molecule has 1 aliphatic heterocycles. The molecule has 210 valence electrons. The number of allylic oxidation sites excluding steroid dienone is 1. The Balaban J connectivity index is 1.39. The summed E-state index contributed by atoms with van der Waals surface area (Å²) in [6.45, 7) is 12.2. The van der Waals surface area contributed by atoms with Gasteiger partial charge in [0, 0.05) is 14.0 Å². The first-order chi connectivity index (χ1) is 17.5. The van der Waals surface area contributed by atoms with Crippen molar-refractivity contribution in [2.24, 2.45) is 40.4 Å². The van der Waals surface area contributed by atoms with Crippen molar-refractivity contribution in [3.8, 4) is 0 Å². The van der Waals surface area contributed by atoms with Gasteiger partial charge in [-0.05, 0) is 98.7 Å². The lowest BCUT2D eigenvalue weighted by molar-refractivity contribution is -0.330. The number of hydrogen-bond acceptors (Lipinski definition) is 7. The molecule has 5 fully saturated rings. The maximum absolute atomic E-state index is 11.9. The van der Waals surface area contributed by atoms with E-state index in [9.17, 15) is 15.0 Å². The molecule has 2 N–H and O–H groups in total. The first kappa shape index (κ1) is 27.6. The number of rotatable bonds is 5. The normalized spacial score (nSPS) is 53.5. The van der Waals surface area contributed by atoms with Crippen LogP contribution in [0.25, 0.3) is 0 Å². The van der Waals surface area contributed by atoms with Gasteiger partial charge >= 0.3 is 5.97 Å². The van der Waals surface area contributed by atoms with Gasteiger partial charge in [0.05, 0.1) is 18.3 Å². The van der Waals surface area contributed by atoms with E-state index in [4.69, 9.17) is 18.9 Å². The molecule has 2 unspecified atom stereocenters. The zero-order valence-corrected chi connectivity index (χ0v) is 23.3. The Labute approximate surface area is 222 Å². The Kier molecular flexibility index (Phi) is 7.60. The molecule has 4 aliphatic carbocycles. The number of fused-ring (bicyclic) bond motifs is 5. The van der Waals surface area contributed by atoms with Crippen LogP contribution in [-0.2, 0) is 23.7 Å². The van der Waals surface area contributed by atoms with Crippen LogP contribution in [0.15, 0.2) is 12.7 Å². The summed E-state index contributed by atoms with van der Waals surface area (Å²) >= 11 is 0. The zero-order chi connectivity index (χ0) is 26.7. The molecule has 0 aromatic rings. The molecule has 0 aromatic heterocycles. The van der Waals surface area contributed by atoms with Gasteiger partial charge in [-0.15, -0.1) is 6.58 Å². The maximum atomic E-state index is 11.9. The molecule has 0 radical (unpaired) electrons. The van der Waals surface area contributed by atoms with Crippen LogP contribution in [0.1, 0.15) is 79.1 Å². The number of carbonyl (C=O) groups is 1. The van der Waals surface area contributed by atoms with Gasteiger partial charge in [0.15, 0.2) is 12.4 Å². The number of ether oxygens (including phenoxy) is 4. The zero-order valence-electron chi connectivity index (χ0n) is 23.3. The third-order valence-corrected chi connectivity index (χ3v) is 11.7. The van der Waals surface area contributed by atoms with Gasteiger partial charge in [-0.3, -0.25) is 4.79 Å². The Hall–Kier alpha value is -0.990. The number of aliphatic hydroxyl groups is 2. The van der Waals surface area contributed by atoms with E-state index >= 15 is 0 Å². The molecule has 0 aromatic carbocycles. The number of methoxy groups -OCH3 is 1. The molecule has 14 atom stereocenters. The average Bonchev–Trinajstić information content (AvgIpc) is 3.20. The van der Waals surface area contributed by atoms with Crippen LogP contribution in [0, 0.1) is 40.4 Å². The van der Waals surface area contributed by atoms with Gasteiger partial charge in [-0.2, -0.15) is 0 Å². The van der Waals surface area contributed by atoms with E-state index in [1.807, 2.05) is 0 Å². The quantitative estimate of drug-likeness (QED) is 0.414. The topological polar surface area (TPSA) is 94.5 Å². The molecule has 0 amide bonds. The molecule has 7 heteroatoms. The number of hydrogen-bond donors (Lipinski definition) is 2. The van der Waals surface area contributed by atoms with Gasteiger partial charge in [0.1, 0.15) is 12.2 Å². The third-order valence-electron chi connectivity index (χ3n) is 11.7. The van der Waals surface area contributed by atoms with Crippen molar-refractivity contribution in [3.05, 3.63) is 12.7 Å². The minimum Gasteiger partial charge on any atom is -0.454 e. The summed E-state index contributed by atoms with van der Waals surface area (Å²) < 4.78 is 23.8. The summed E-state index contributed by atoms with van der Waals surface area (Å²) in [7, 11) is 1.49. The molecular formula is C30H48O7. The molecule has 0 spiro atoms. The largest absolute Gasteiger partial charge is 0.454 e. The standard InChI is InChI=1S/C30H48O7/c1-7-18-8-10-20-19-9-11-22-25(23(32)13-15-30(22,5)21(19)12-14-29(18,20)4)37-28-27(36-17(3)31)26(34-6)24(33)16(2)35-28/h7,16,18-28,32-33H,1,8-15H2,2-6H3/t16-,18-,19-,20?,21?,22+,23-,24+,25+,26+,27-,28-,29+,30+/m0/s1. The Bertz CT molecular complexity index is 863. The van der Waals surface area contributed by atoms with Crippen molar-refractivity contribution >= 4 is 5.97 Å². The van der Waals surface area contributed by atoms with Gasteiger partial charge in [0.2, 0.25) is 0 Å². The summed E-state index contributed by atoms with van der Waals surface area (Å²) in [5.74, 6) is 2.42. The lowest BCUT2D eigenvalue weighted by atomic mass is 9.44. The van der Waals surface area contributed by atoms with E-state index in [0.717, 1.165) is 25.2 Å². The van der Waals surface area contributed by atoms with Crippen LogP contribution in [0.4, 0.5) is 0 Å². The van der Waals surface area contributed by atoms with Gasteiger partial charge in [0.25, 0.3) is 0 Å². The van der Waals surface area contributed by atoms with E-state index in [2.05, 4.69) is 26.5 Å². The van der Waals surface area contributed by atoms with Gasteiger partial charge in [-0.1, -0.05) is 19.9 Å². The summed E-state index contributed by atoms with van der Waals surface area (Å²) in [6.07, 6.45) is 6.01. The van der Waals surface area contributed by atoms with Crippen LogP contribution in [0.3, 0.4) is 0 Å². The molecule has 5 aliphatic rings. The van der Waals surface area contributed by atoms with E-state index in [1.54, 1.807) is 6.92 Å². The third kappa shape index (κ3) is 4.41. The average molecular weight is 521 g/mol. The molecule has 0 bridgehead atoms. The molecule has 1 saturated heterocycles. The Morgan fingerprint density at radius 2 is 1.62 bits per heavy atom. The molecule has 37 heavy (non-hydrogen) atoms. The van der Waals surface area contributed by atoms with E-state index in [1.165, 1.54) is 39.7 Å². The second-order valence-corrected chi connectivity index (χ2v) is 13.2. The molecular weight excluding hydrogens is 472 g/mol. The van der Waals surface area contributed by atoms with Crippen LogP contribution in [0.5, 0.6) is 0 Å². The predicted octanol–water partition coefficient (Wildman–Crippen LogP) is 4.24. The first-order valence-electron chi connectivity index (χ1n) is 14.5. The minimum atomic E-state index is -0.950. The smallest absolute Gasteiger partial charge is 0.303 e. The van der Waals surface area contributed by atoms with Gasteiger partial charge in [-0.25, -0.2) is 0 Å². The van der Waals surface area contributed by atoms with E-state index in [-0.39, 0.29) is 11.3 Å². The summed E-state index contributed by atoms with van der Waals surface area (Å²) in [5, 5.41) is 21.9. The van der Waals surface area contributed by atoms with Crippen LogP contribution in [0.2, 0.25) is 0 Å². The summed E-state index contributed by atoms with van der Waals surface area (Å²) in [6, 6.07) is 0. The fourth-order valence-electron chi connectivity index (χ4n) is 9.74. The van der Waals surface area contributed by atoms with Crippen LogP contribution >= 0.6 is 0 Å². The fraction of sp³-hybridized carbons (Fsp3) is 0.900. The SMILES string of the molecule is C=C[C@H]1CCC2[C@@H]3CC[C@@H]4[C@@H](O[C@@H]5O[C@@H](C)[C@@H](O)[C@@H](OC)[C@@H]5OC(C)=O)[C@@H](O)CC[C@]4(C)C3CC[C@@]21C.